The molecule has 0 fully saturated rings. The number of ether oxygens (including phenoxy) is 1. The number of sulfonamides is 1. The molecule has 11 nitrogen and oxygen atoms in total. The molecule has 0 aliphatic carbocycles. The Labute approximate surface area is 283 Å². The standard InChI is InChI=1S/C31H35Cl3N4O7S/c1-6-26(31(40)35-16-19(2)3)36(17-23-24(33)8-7-9-25(23)34)30(39)18-37(28-14-21(32)11-13-29(28)45-5)46(43,44)22-12-10-20(4)27(15-22)38(41)42/h7-15,19,26H,6,16-18H2,1-5H3,(H,35,40). The van der Waals surface area contributed by atoms with Crippen LogP contribution < -0.4 is 14.4 Å². The van der Waals surface area contributed by atoms with Crippen molar-refractivity contribution in [3.8, 4) is 5.75 Å². The predicted octanol–water partition coefficient (Wildman–Crippen LogP) is 6.65. The Balaban J connectivity index is 2.21. The minimum atomic E-state index is -4.68. The molecule has 46 heavy (non-hydrogen) atoms. The summed E-state index contributed by atoms with van der Waals surface area (Å²) in [6.45, 7) is 6.32. The van der Waals surface area contributed by atoms with E-state index in [0.717, 1.165) is 10.4 Å². The van der Waals surface area contributed by atoms with E-state index in [-0.39, 0.29) is 51.0 Å². The molecule has 3 rings (SSSR count). The van der Waals surface area contributed by atoms with Crippen LogP contribution in [0.4, 0.5) is 11.4 Å². The van der Waals surface area contributed by atoms with E-state index in [1.165, 1.54) is 49.3 Å². The fourth-order valence-electron chi connectivity index (χ4n) is 4.64. The quantitative estimate of drug-likeness (QED) is 0.146. The zero-order valence-corrected chi connectivity index (χ0v) is 29.0. The zero-order chi connectivity index (χ0) is 34.3. The van der Waals surface area contributed by atoms with E-state index in [2.05, 4.69) is 5.32 Å². The van der Waals surface area contributed by atoms with Gasteiger partial charge in [0.25, 0.3) is 15.7 Å². The maximum Gasteiger partial charge on any atom is 0.273 e. The molecular formula is C31H35Cl3N4O7S. The van der Waals surface area contributed by atoms with Crippen molar-refractivity contribution in [2.24, 2.45) is 5.92 Å². The number of aryl methyl sites for hydroxylation is 1. The van der Waals surface area contributed by atoms with Crippen LogP contribution in [0.3, 0.4) is 0 Å². The smallest absolute Gasteiger partial charge is 0.273 e. The number of nitro benzene ring substituents is 1. The monoisotopic (exact) mass is 712 g/mol. The van der Waals surface area contributed by atoms with Gasteiger partial charge in [-0.3, -0.25) is 24.0 Å². The summed E-state index contributed by atoms with van der Waals surface area (Å²) in [6, 6.07) is 11.4. The SMILES string of the molecule is CCC(C(=O)NCC(C)C)N(Cc1c(Cl)cccc1Cl)C(=O)CN(c1cc(Cl)ccc1OC)S(=O)(=O)c1ccc(C)c([N+](=O)[O-])c1. The molecule has 0 bridgehead atoms. The molecule has 1 N–H and O–H groups in total. The van der Waals surface area contributed by atoms with E-state index < -0.39 is 49.9 Å². The van der Waals surface area contributed by atoms with Crippen LogP contribution in [0.25, 0.3) is 0 Å². The highest BCUT2D eigenvalue weighted by Gasteiger charge is 2.36. The van der Waals surface area contributed by atoms with Crippen molar-refractivity contribution in [3.63, 3.8) is 0 Å². The van der Waals surface area contributed by atoms with Crippen LogP contribution in [0.15, 0.2) is 59.5 Å². The Morgan fingerprint density at radius 3 is 2.26 bits per heavy atom. The summed E-state index contributed by atoms with van der Waals surface area (Å²) in [4.78, 5) is 39.6. The van der Waals surface area contributed by atoms with Crippen molar-refractivity contribution in [1.82, 2.24) is 10.2 Å². The van der Waals surface area contributed by atoms with Gasteiger partial charge in [0.1, 0.15) is 18.3 Å². The van der Waals surface area contributed by atoms with Crippen molar-refractivity contribution in [2.75, 3.05) is 24.5 Å². The van der Waals surface area contributed by atoms with Crippen LogP contribution in [0, 0.1) is 23.0 Å². The number of benzene rings is 3. The number of anilines is 1. The van der Waals surface area contributed by atoms with E-state index >= 15 is 0 Å². The third kappa shape index (κ3) is 8.61. The van der Waals surface area contributed by atoms with Crippen molar-refractivity contribution in [3.05, 3.63) is 90.9 Å². The lowest BCUT2D eigenvalue weighted by atomic mass is 10.1. The number of carbonyl (C=O) groups excluding carboxylic acids is 2. The lowest BCUT2D eigenvalue weighted by molar-refractivity contribution is -0.385. The average molecular weight is 714 g/mol. The topological polar surface area (TPSA) is 139 Å². The summed E-state index contributed by atoms with van der Waals surface area (Å²) in [6.07, 6.45) is 0.176. The molecule has 1 atom stereocenters. The highest BCUT2D eigenvalue weighted by molar-refractivity contribution is 7.92. The summed E-state index contributed by atoms with van der Waals surface area (Å²) in [5.41, 5.74) is 0.0824. The number of hydrogen-bond acceptors (Lipinski definition) is 7. The Morgan fingerprint density at radius 2 is 1.70 bits per heavy atom. The molecule has 0 heterocycles. The molecule has 0 aromatic heterocycles. The van der Waals surface area contributed by atoms with Gasteiger partial charge in [-0.1, -0.05) is 67.7 Å². The molecule has 1 unspecified atom stereocenters. The first-order chi connectivity index (χ1) is 21.6. The normalized spacial score (nSPS) is 12.0. The van der Waals surface area contributed by atoms with E-state index in [1.54, 1.807) is 25.1 Å². The second kappa shape index (κ2) is 15.8. The summed E-state index contributed by atoms with van der Waals surface area (Å²) in [5.74, 6) is -1.05. The summed E-state index contributed by atoms with van der Waals surface area (Å²) < 4.78 is 34.8. The zero-order valence-electron chi connectivity index (χ0n) is 25.9. The number of nitrogens with one attached hydrogen (secondary N) is 1. The second-order valence-electron chi connectivity index (χ2n) is 10.8. The van der Waals surface area contributed by atoms with Gasteiger partial charge < -0.3 is 15.0 Å². The number of nitro groups is 1. The highest BCUT2D eigenvalue weighted by atomic mass is 35.5. The van der Waals surface area contributed by atoms with Crippen LogP contribution in [0.5, 0.6) is 5.75 Å². The van der Waals surface area contributed by atoms with Crippen molar-refractivity contribution in [2.45, 2.75) is 51.6 Å². The number of methoxy groups -OCH3 is 1. The molecule has 2 amide bonds. The lowest BCUT2D eigenvalue weighted by Crippen LogP contribution is -2.52. The Bertz CT molecular complexity index is 1700. The van der Waals surface area contributed by atoms with Crippen molar-refractivity contribution >= 4 is 68.0 Å². The first-order valence-electron chi connectivity index (χ1n) is 14.2. The largest absolute Gasteiger partial charge is 0.495 e. The van der Waals surface area contributed by atoms with Gasteiger partial charge in [-0.05, 0) is 55.7 Å². The maximum absolute atomic E-state index is 14.4. The lowest BCUT2D eigenvalue weighted by Gasteiger charge is -2.34. The number of amides is 2. The highest BCUT2D eigenvalue weighted by Crippen LogP contribution is 2.36. The first kappa shape index (κ1) is 36.9. The van der Waals surface area contributed by atoms with Crippen LogP contribution in [-0.2, 0) is 26.2 Å². The number of hydrogen-bond donors (Lipinski definition) is 1. The van der Waals surface area contributed by atoms with E-state index in [9.17, 15) is 28.1 Å². The van der Waals surface area contributed by atoms with Gasteiger partial charge >= 0.3 is 0 Å². The van der Waals surface area contributed by atoms with E-state index in [4.69, 9.17) is 39.5 Å². The molecule has 0 saturated heterocycles. The third-order valence-electron chi connectivity index (χ3n) is 7.11. The Kier molecular flexibility index (Phi) is 12.7. The molecule has 0 aliphatic rings. The maximum atomic E-state index is 14.4. The van der Waals surface area contributed by atoms with Crippen LogP contribution in [0.2, 0.25) is 15.1 Å². The predicted molar refractivity (Wildman–Crippen MR) is 179 cm³/mol. The molecular weight excluding hydrogens is 679 g/mol. The molecule has 0 aliphatic heterocycles. The molecule has 15 heteroatoms. The van der Waals surface area contributed by atoms with Gasteiger partial charge in [0.2, 0.25) is 11.8 Å². The van der Waals surface area contributed by atoms with Crippen LogP contribution >= 0.6 is 34.8 Å². The van der Waals surface area contributed by atoms with E-state index in [1.807, 2.05) is 13.8 Å². The van der Waals surface area contributed by atoms with Gasteiger partial charge in [0.05, 0.1) is 22.6 Å². The fraction of sp³-hybridized carbons (Fsp3) is 0.355. The van der Waals surface area contributed by atoms with Gasteiger partial charge in [-0.2, -0.15) is 0 Å². The van der Waals surface area contributed by atoms with Crippen LogP contribution in [-0.4, -0.2) is 56.3 Å². The number of nitrogens with zero attached hydrogens (tertiary/aromatic N) is 3. The average Bonchev–Trinajstić information content (AvgIpc) is 2.99. The summed E-state index contributed by atoms with van der Waals surface area (Å²) >= 11 is 19.2. The first-order valence-corrected chi connectivity index (χ1v) is 16.8. The minimum Gasteiger partial charge on any atom is -0.495 e. The fourth-order valence-corrected chi connectivity index (χ4v) is 6.76. The molecule has 0 spiro atoms. The number of halogens is 3. The third-order valence-corrected chi connectivity index (χ3v) is 9.81. The van der Waals surface area contributed by atoms with Gasteiger partial charge in [0.15, 0.2) is 0 Å². The van der Waals surface area contributed by atoms with Crippen LogP contribution in [0.1, 0.15) is 38.3 Å². The van der Waals surface area contributed by atoms with Crippen molar-refractivity contribution in [1.29, 1.82) is 0 Å². The van der Waals surface area contributed by atoms with Crippen molar-refractivity contribution < 1.29 is 27.7 Å². The molecule has 3 aromatic carbocycles. The van der Waals surface area contributed by atoms with E-state index in [0.29, 0.717) is 12.1 Å². The molecule has 248 valence electrons. The summed E-state index contributed by atoms with van der Waals surface area (Å²) in [5, 5.41) is 15.2. The molecule has 0 radical (unpaired) electrons. The molecule has 3 aromatic rings. The Hall–Kier alpha value is -3.58. The summed E-state index contributed by atoms with van der Waals surface area (Å²) in [7, 11) is -3.36. The van der Waals surface area contributed by atoms with Gasteiger partial charge in [0, 0.05) is 45.4 Å². The Morgan fingerprint density at radius 1 is 1.04 bits per heavy atom. The molecule has 0 saturated carbocycles. The second-order valence-corrected chi connectivity index (χ2v) is 13.9. The number of carbonyl (C=O) groups is 2. The number of rotatable bonds is 14. The minimum absolute atomic E-state index is 0.0600. The van der Waals surface area contributed by atoms with Gasteiger partial charge in [-0.25, -0.2) is 8.42 Å². The van der Waals surface area contributed by atoms with Gasteiger partial charge in [-0.15, -0.1) is 0 Å².